The highest BCUT2D eigenvalue weighted by atomic mass is 16.5. The number of ether oxygens (including phenoxy) is 1. The second-order valence-electron chi connectivity index (χ2n) is 8.25. The number of amides is 2. The number of aryl methyl sites for hydroxylation is 1. The lowest BCUT2D eigenvalue weighted by Crippen LogP contribution is -2.47. The van der Waals surface area contributed by atoms with E-state index in [4.69, 9.17) is 9.15 Å². The number of furan rings is 1. The summed E-state index contributed by atoms with van der Waals surface area (Å²) in [4.78, 5) is 29.9. The highest BCUT2D eigenvalue weighted by Crippen LogP contribution is 2.17. The van der Waals surface area contributed by atoms with Crippen LogP contribution in [0, 0.1) is 0 Å². The van der Waals surface area contributed by atoms with E-state index in [-0.39, 0.29) is 30.5 Å². The Morgan fingerprint density at radius 1 is 1.13 bits per heavy atom. The quantitative estimate of drug-likeness (QED) is 0.544. The molecule has 6 nitrogen and oxygen atoms in total. The van der Waals surface area contributed by atoms with E-state index >= 15 is 0 Å². The van der Waals surface area contributed by atoms with E-state index < -0.39 is 0 Å². The van der Waals surface area contributed by atoms with Crippen LogP contribution in [0.15, 0.2) is 53.1 Å². The van der Waals surface area contributed by atoms with Crippen molar-refractivity contribution < 1.29 is 18.7 Å². The van der Waals surface area contributed by atoms with Crippen LogP contribution in [0.25, 0.3) is 0 Å². The highest BCUT2D eigenvalue weighted by Gasteiger charge is 2.27. The third kappa shape index (κ3) is 6.96. The normalized spacial score (nSPS) is 16.8. The summed E-state index contributed by atoms with van der Waals surface area (Å²) in [5, 5.41) is 0. The zero-order chi connectivity index (χ0) is 22.1. The number of hydrogen-bond donors (Lipinski definition) is 0. The Hall–Kier alpha value is -2.60. The number of carbonyl (C=O) groups excluding carboxylic acids is 2. The van der Waals surface area contributed by atoms with Crippen molar-refractivity contribution >= 4 is 11.8 Å². The molecule has 2 aromatic rings. The summed E-state index contributed by atoms with van der Waals surface area (Å²) in [6.07, 6.45) is 5.50. The van der Waals surface area contributed by atoms with Crippen molar-refractivity contribution in [1.82, 2.24) is 9.80 Å². The van der Waals surface area contributed by atoms with Crippen molar-refractivity contribution in [3.8, 4) is 0 Å². The van der Waals surface area contributed by atoms with E-state index in [9.17, 15) is 9.59 Å². The Labute approximate surface area is 185 Å². The highest BCUT2D eigenvalue weighted by molar-refractivity contribution is 5.85. The SMILES string of the molecule is CC[C@H](C)N(CC(=O)N(Cc1ccco1)C[C@H]1CCCO1)C(=O)CCc1ccccc1. The maximum Gasteiger partial charge on any atom is 0.242 e. The molecule has 3 rings (SSSR count). The van der Waals surface area contributed by atoms with E-state index in [1.165, 1.54) is 0 Å². The van der Waals surface area contributed by atoms with Gasteiger partial charge in [-0.15, -0.1) is 0 Å². The zero-order valence-electron chi connectivity index (χ0n) is 18.7. The van der Waals surface area contributed by atoms with Crippen molar-refractivity contribution in [2.75, 3.05) is 19.7 Å². The Balaban J connectivity index is 1.65. The molecule has 1 aromatic heterocycles. The van der Waals surface area contributed by atoms with Gasteiger partial charge in [-0.2, -0.15) is 0 Å². The van der Waals surface area contributed by atoms with Gasteiger partial charge < -0.3 is 19.0 Å². The van der Waals surface area contributed by atoms with Gasteiger partial charge in [0.25, 0.3) is 0 Å². The number of hydrogen-bond acceptors (Lipinski definition) is 4. The zero-order valence-corrected chi connectivity index (χ0v) is 18.7. The topological polar surface area (TPSA) is 63.0 Å². The summed E-state index contributed by atoms with van der Waals surface area (Å²) in [5.41, 5.74) is 1.13. The molecule has 6 heteroatoms. The molecule has 1 aliphatic heterocycles. The standard InChI is InChI=1S/C25H34N2O4/c1-3-20(2)27(24(28)14-13-21-9-5-4-6-10-21)19-25(29)26(17-22-11-7-15-30-22)18-23-12-8-16-31-23/h4-7,9-11,15,20,23H,3,8,12-14,16-19H2,1-2H3/t20-,23+/m0/s1. The maximum absolute atomic E-state index is 13.3. The minimum absolute atomic E-state index is 0.000386. The molecular weight excluding hydrogens is 392 g/mol. The van der Waals surface area contributed by atoms with E-state index in [1.807, 2.05) is 56.3 Å². The van der Waals surface area contributed by atoms with E-state index in [0.717, 1.165) is 37.2 Å². The lowest BCUT2D eigenvalue weighted by Gasteiger charge is -2.32. The van der Waals surface area contributed by atoms with Crippen LogP contribution in [-0.4, -0.2) is 53.5 Å². The molecule has 1 saturated heterocycles. The second-order valence-corrected chi connectivity index (χ2v) is 8.25. The van der Waals surface area contributed by atoms with Gasteiger partial charge in [0.15, 0.2) is 0 Å². The molecule has 2 atom stereocenters. The van der Waals surface area contributed by atoms with Gasteiger partial charge in [-0.3, -0.25) is 9.59 Å². The van der Waals surface area contributed by atoms with Gasteiger partial charge in [0, 0.05) is 25.6 Å². The molecule has 1 fully saturated rings. The van der Waals surface area contributed by atoms with E-state index in [1.54, 1.807) is 16.1 Å². The largest absolute Gasteiger partial charge is 0.467 e. The van der Waals surface area contributed by atoms with Crippen molar-refractivity contribution in [1.29, 1.82) is 0 Å². The third-order valence-corrected chi connectivity index (χ3v) is 5.95. The summed E-state index contributed by atoms with van der Waals surface area (Å²) in [7, 11) is 0. The predicted molar refractivity (Wildman–Crippen MR) is 119 cm³/mol. The van der Waals surface area contributed by atoms with Crippen molar-refractivity contribution in [2.45, 2.75) is 64.6 Å². The van der Waals surface area contributed by atoms with Crippen LogP contribution in [-0.2, 0) is 27.3 Å². The molecule has 1 aromatic carbocycles. The molecule has 1 aliphatic rings. The second kappa shape index (κ2) is 11.7. The lowest BCUT2D eigenvalue weighted by molar-refractivity contribution is -0.143. The Kier molecular flexibility index (Phi) is 8.71. The van der Waals surface area contributed by atoms with Gasteiger partial charge in [0.05, 0.1) is 18.9 Å². The molecule has 2 heterocycles. The summed E-state index contributed by atoms with van der Waals surface area (Å²) < 4.78 is 11.2. The third-order valence-electron chi connectivity index (χ3n) is 5.95. The molecular formula is C25H34N2O4. The average molecular weight is 427 g/mol. The maximum atomic E-state index is 13.3. The number of rotatable bonds is 11. The number of carbonyl (C=O) groups is 2. The summed E-state index contributed by atoms with van der Waals surface area (Å²) in [6, 6.07) is 13.7. The van der Waals surface area contributed by atoms with Crippen molar-refractivity contribution in [2.24, 2.45) is 0 Å². The first-order chi connectivity index (χ1) is 15.1. The first-order valence-corrected chi connectivity index (χ1v) is 11.3. The van der Waals surface area contributed by atoms with Crippen LogP contribution in [0.4, 0.5) is 0 Å². The summed E-state index contributed by atoms with van der Waals surface area (Å²) >= 11 is 0. The summed E-state index contributed by atoms with van der Waals surface area (Å²) in [6.45, 7) is 5.77. The Morgan fingerprint density at radius 3 is 2.58 bits per heavy atom. The van der Waals surface area contributed by atoms with Crippen LogP contribution in [0.3, 0.4) is 0 Å². The van der Waals surface area contributed by atoms with Gasteiger partial charge >= 0.3 is 0 Å². The molecule has 0 spiro atoms. The predicted octanol–water partition coefficient (Wildman–Crippen LogP) is 4.05. The van der Waals surface area contributed by atoms with E-state index in [0.29, 0.717) is 25.9 Å². The first-order valence-electron chi connectivity index (χ1n) is 11.3. The van der Waals surface area contributed by atoms with Gasteiger partial charge in [0.1, 0.15) is 12.3 Å². The van der Waals surface area contributed by atoms with Crippen molar-refractivity contribution in [3.63, 3.8) is 0 Å². The van der Waals surface area contributed by atoms with Gasteiger partial charge in [-0.25, -0.2) is 0 Å². The Morgan fingerprint density at radius 2 is 1.94 bits per heavy atom. The molecule has 2 amide bonds. The molecule has 0 bridgehead atoms. The fourth-order valence-electron chi connectivity index (χ4n) is 3.87. The molecule has 0 aliphatic carbocycles. The first kappa shape index (κ1) is 23.1. The van der Waals surface area contributed by atoms with Gasteiger partial charge in [-0.05, 0) is 50.3 Å². The van der Waals surface area contributed by atoms with Crippen LogP contribution in [0.2, 0.25) is 0 Å². The molecule has 0 unspecified atom stereocenters. The van der Waals surface area contributed by atoms with Gasteiger partial charge in [-0.1, -0.05) is 37.3 Å². The fraction of sp³-hybridized carbons (Fsp3) is 0.520. The minimum atomic E-state index is -0.0692. The van der Waals surface area contributed by atoms with Crippen molar-refractivity contribution in [3.05, 3.63) is 60.1 Å². The lowest BCUT2D eigenvalue weighted by atomic mass is 10.1. The minimum Gasteiger partial charge on any atom is -0.467 e. The molecule has 31 heavy (non-hydrogen) atoms. The monoisotopic (exact) mass is 426 g/mol. The van der Waals surface area contributed by atoms with Gasteiger partial charge in [0.2, 0.25) is 11.8 Å². The Bertz CT molecular complexity index is 800. The molecule has 168 valence electrons. The summed E-state index contributed by atoms with van der Waals surface area (Å²) in [5.74, 6) is 0.679. The van der Waals surface area contributed by atoms with Crippen LogP contribution in [0.5, 0.6) is 0 Å². The smallest absolute Gasteiger partial charge is 0.242 e. The van der Waals surface area contributed by atoms with Crippen LogP contribution >= 0.6 is 0 Å². The molecule has 0 radical (unpaired) electrons. The fourth-order valence-corrected chi connectivity index (χ4v) is 3.87. The molecule has 0 saturated carbocycles. The van der Waals surface area contributed by atoms with Crippen LogP contribution < -0.4 is 0 Å². The average Bonchev–Trinajstić information content (AvgIpc) is 3.50. The van der Waals surface area contributed by atoms with Crippen LogP contribution in [0.1, 0.15) is 50.9 Å². The number of benzene rings is 1. The van der Waals surface area contributed by atoms with E-state index in [2.05, 4.69) is 0 Å². The molecule has 0 N–H and O–H groups in total. The number of nitrogens with zero attached hydrogens (tertiary/aromatic N) is 2.